The second kappa shape index (κ2) is 5.11. The topological polar surface area (TPSA) is 43.6 Å². The molecule has 1 fully saturated rings. The Morgan fingerprint density at radius 3 is 2.90 bits per heavy atom. The van der Waals surface area contributed by atoms with Gasteiger partial charge in [-0.15, -0.1) is 0 Å². The van der Waals surface area contributed by atoms with Gasteiger partial charge >= 0.3 is 0 Å². The summed E-state index contributed by atoms with van der Waals surface area (Å²) in [6.45, 7) is 4.05. The monoisotopic (exact) mass is 285 g/mol. The van der Waals surface area contributed by atoms with E-state index in [1.165, 1.54) is 6.42 Å². The fourth-order valence-electron chi connectivity index (χ4n) is 2.86. The smallest absolute Gasteiger partial charge is 0.231 e. The molecule has 1 saturated carbocycles. The van der Waals surface area contributed by atoms with Crippen molar-refractivity contribution in [2.75, 3.05) is 6.79 Å². The third kappa shape index (κ3) is 2.51. The van der Waals surface area contributed by atoms with Gasteiger partial charge in [-0.1, -0.05) is 19.1 Å². The van der Waals surface area contributed by atoms with Crippen molar-refractivity contribution in [3.05, 3.63) is 47.4 Å². The van der Waals surface area contributed by atoms with Crippen LogP contribution in [0, 0.1) is 5.92 Å². The molecule has 0 radical (unpaired) electrons. The van der Waals surface area contributed by atoms with Crippen molar-refractivity contribution in [2.45, 2.75) is 32.4 Å². The molecular weight excluding hydrogens is 266 g/mol. The van der Waals surface area contributed by atoms with Gasteiger partial charge in [0.1, 0.15) is 11.5 Å². The largest absolute Gasteiger partial charge is 0.464 e. The number of fused-ring (bicyclic) bond motifs is 1. The number of para-hydroxylation sites is 1. The molecule has 110 valence electrons. The van der Waals surface area contributed by atoms with Gasteiger partial charge in [-0.05, 0) is 30.5 Å². The van der Waals surface area contributed by atoms with Crippen LogP contribution in [0.15, 0.2) is 34.7 Å². The molecule has 1 N–H and O–H groups in total. The SMILES string of the molecule is CC1CC1c1ccc(CNCc2cccc3c2OCO3)o1. The summed E-state index contributed by atoms with van der Waals surface area (Å²) in [5.74, 6) is 5.24. The summed E-state index contributed by atoms with van der Waals surface area (Å²) in [7, 11) is 0. The lowest BCUT2D eigenvalue weighted by Gasteiger charge is -2.06. The highest BCUT2D eigenvalue weighted by atomic mass is 16.7. The van der Waals surface area contributed by atoms with Gasteiger partial charge in [-0.2, -0.15) is 0 Å². The Bertz CT molecular complexity index is 649. The quantitative estimate of drug-likeness (QED) is 0.914. The molecule has 0 spiro atoms. The summed E-state index contributed by atoms with van der Waals surface area (Å²) in [5.41, 5.74) is 1.12. The Kier molecular flexibility index (Phi) is 3.11. The van der Waals surface area contributed by atoms with Gasteiger partial charge in [0.05, 0.1) is 6.54 Å². The van der Waals surface area contributed by atoms with E-state index in [-0.39, 0.29) is 0 Å². The molecule has 2 aliphatic rings. The van der Waals surface area contributed by atoms with Gasteiger partial charge < -0.3 is 19.2 Å². The van der Waals surface area contributed by atoms with Crippen LogP contribution in [0.5, 0.6) is 11.5 Å². The molecule has 4 rings (SSSR count). The summed E-state index contributed by atoms with van der Waals surface area (Å²) in [6, 6.07) is 10.2. The summed E-state index contributed by atoms with van der Waals surface area (Å²) in [5, 5.41) is 3.40. The molecule has 1 aliphatic heterocycles. The first-order valence-corrected chi connectivity index (χ1v) is 7.48. The average Bonchev–Trinajstić information content (AvgIpc) is 2.94. The molecule has 21 heavy (non-hydrogen) atoms. The zero-order chi connectivity index (χ0) is 14.2. The lowest BCUT2D eigenvalue weighted by atomic mass is 10.2. The minimum absolute atomic E-state index is 0.313. The molecule has 1 aliphatic carbocycles. The number of nitrogens with one attached hydrogen (secondary N) is 1. The van der Waals surface area contributed by atoms with E-state index in [1.807, 2.05) is 12.1 Å². The minimum atomic E-state index is 0.313. The second-order valence-electron chi connectivity index (χ2n) is 5.88. The fourth-order valence-corrected chi connectivity index (χ4v) is 2.86. The van der Waals surface area contributed by atoms with Crippen LogP contribution < -0.4 is 14.8 Å². The molecule has 4 nitrogen and oxygen atoms in total. The number of hydrogen-bond donors (Lipinski definition) is 1. The van der Waals surface area contributed by atoms with Crippen molar-refractivity contribution in [1.29, 1.82) is 0 Å². The number of ether oxygens (including phenoxy) is 2. The molecule has 2 atom stereocenters. The molecule has 2 aromatic rings. The third-order valence-electron chi connectivity index (χ3n) is 4.25. The van der Waals surface area contributed by atoms with Gasteiger partial charge in [-0.25, -0.2) is 0 Å². The number of hydrogen-bond acceptors (Lipinski definition) is 4. The van der Waals surface area contributed by atoms with E-state index in [1.54, 1.807) is 0 Å². The van der Waals surface area contributed by atoms with Crippen LogP contribution in [0.3, 0.4) is 0 Å². The highest BCUT2D eigenvalue weighted by Crippen LogP contribution is 2.47. The summed E-state index contributed by atoms with van der Waals surface area (Å²) in [4.78, 5) is 0. The van der Waals surface area contributed by atoms with E-state index in [2.05, 4.69) is 30.4 Å². The standard InChI is InChI=1S/C17H19NO3/c1-11-7-14(11)15-6-5-13(21-15)9-18-8-12-3-2-4-16-17(12)20-10-19-16/h2-6,11,14,18H,7-10H2,1H3. The second-order valence-corrected chi connectivity index (χ2v) is 5.88. The molecule has 1 aromatic carbocycles. The van der Waals surface area contributed by atoms with Crippen molar-refractivity contribution in [1.82, 2.24) is 5.32 Å². The van der Waals surface area contributed by atoms with Crippen LogP contribution in [-0.4, -0.2) is 6.79 Å². The highest BCUT2D eigenvalue weighted by molar-refractivity contribution is 5.48. The normalized spacial score (nSPS) is 22.5. The summed E-state index contributed by atoms with van der Waals surface area (Å²) < 4.78 is 16.8. The highest BCUT2D eigenvalue weighted by Gasteiger charge is 2.36. The van der Waals surface area contributed by atoms with Crippen LogP contribution >= 0.6 is 0 Å². The maximum absolute atomic E-state index is 5.89. The zero-order valence-electron chi connectivity index (χ0n) is 12.1. The molecule has 2 unspecified atom stereocenters. The number of rotatable bonds is 5. The van der Waals surface area contributed by atoms with Crippen molar-refractivity contribution in [2.24, 2.45) is 5.92 Å². The molecule has 2 heterocycles. The molecular formula is C17H19NO3. The molecule has 4 heteroatoms. The lowest BCUT2D eigenvalue weighted by molar-refractivity contribution is 0.173. The average molecular weight is 285 g/mol. The third-order valence-corrected chi connectivity index (χ3v) is 4.25. The van der Waals surface area contributed by atoms with E-state index in [0.717, 1.165) is 47.6 Å². The van der Waals surface area contributed by atoms with Crippen molar-refractivity contribution >= 4 is 0 Å². The van der Waals surface area contributed by atoms with Gasteiger partial charge in [0.2, 0.25) is 6.79 Å². The summed E-state index contributed by atoms with van der Waals surface area (Å²) in [6.07, 6.45) is 1.26. The Labute approximate surface area is 124 Å². The Balaban J connectivity index is 1.35. The van der Waals surface area contributed by atoms with Crippen LogP contribution in [0.25, 0.3) is 0 Å². The van der Waals surface area contributed by atoms with Gasteiger partial charge in [0.25, 0.3) is 0 Å². The van der Waals surface area contributed by atoms with E-state index in [9.17, 15) is 0 Å². The Hall–Kier alpha value is -1.94. The Morgan fingerprint density at radius 2 is 2.05 bits per heavy atom. The van der Waals surface area contributed by atoms with Crippen LogP contribution in [0.4, 0.5) is 0 Å². The summed E-state index contributed by atoms with van der Waals surface area (Å²) >= 11 is 0. The molecule has 1 aromatic heterocycles. The van der Waals surface area contributed by atoms with Crippen LogP contribution in [-0.2, 0) is 13.1 Å². The van der Waals surface area contributed by atoms with Gasteiger partial charge in [-0.3, -0.25) is 0 Å². The number of furan rings is 1. The van der Waals surface area contributed by atoms with Crippen LogP contribution in [0.1, 0.15) is 36.3 Å². The predicted molar refractivity (Wildman–Crippen MR) is 78.3 cm³/mol. The van der Waals surface area contributed by atoms with Gasteiger partial charge in [0.15, 0.2) is 11.5 Å². The van der Waals surface area contributed by atoms with Crippen molar-refractivity contribution in [3.63, 3.8) is 0 Å². The minimum Gasteiger partial charge on any atom is -0.464 e. The predicted octanol–water partition coefficient (Wildman–Crippen LogP) is 3.42. The van der Waals surface area contributed by atoms with Crippen molar-refractivity contribution < 1.29 is 13.9 Å². The fraction of sp³-hybridized carbons (Fsp3) is 0.412. The van der Waals surface area contributed by atoms with E-state index >= 15 is 0 Å². The first-order valence-electron chi connectivity index (χ1n) is 7.48. The van der Waals surface area contributed by atoms with E-state index in [0.29, 0.717) is 12.7 Å². The molecule has 0 saturated heterocycles. The number of benzene rings is 1. The van der Waals surface area contributed by atoms with Crippen molar-refractivity contribution in [3.8, 4) is 11.5 Å². The molecule has 0 amide bonds. The Morgan fingerprint density at radius 1 is 1.14 bits per heavy atom. The van der Waals surface area contributed by atoms with E-state index in [4.69, 9.17) is 13.9 Å². The lowest BCUT2D eigenvalue weighted by Crippen LogP contribution is -2.12. The van der Waals surface area contributed by atoms with Gasteiger partial charge in [0, 0.05) is 18.0 Å². The van der Waals surface area contributed by atoms with E-state index < -0.39 is 0 Å². The zero-order valence-corrected chi connectivity index (χ0v) is 12.1. The maximum Gasteiger partial charge on any atom is 0.231 e. The first-order chi connectivity index (χ1) is 10.3. The molecule has 0 bridgehead atoms. The van der Waals surface area contributed by atoms with Crippen LogP contribution in [0.2, 0.25) is 0 Å². The first kappa shape index (κ1) is 12.8. The maximum atomic E-state index is 5.89.